The topological polar surface area (TPSA) is 24.9 Å². The maximum absolute atomic E-state index is 4.60. The molecular formula is C12H22N2S2. The highest BCUT2D eigenvalue weighted by atomic mass is 32.2. The molecule has 0 spiro atoms. The van der Waals surface area contributed by atoms with Crippen molar-refractivity contribution in [2.24, 2.45) is 5.92 Å². The molecule has 0 aliphatic carbocycles. The predicted molar refractivity (Wildman–Crippen MR) is 75.5 cm³/mol. The molecule has 1 aromatic rings. The summed E-state index contributed by atoms with van der Waals surface area (Å²) in [5, 5.41) is 6.88. The van der Waals surface area contributed by atoms with E-state index >= 15 is 0 Å². The molecule has 0 aliphatic rings. The summed E-state index contributed by atoms with van der Waals surface area (Å²) in [6.07, 6.45) is 2.16. The zero-order valence-electron chi connectivity index (χ0n) is 10.6. The van der Waals surface area contributed by atoms with E-state index in [2.05, 4.69) is 42.7 Å². The molecule has 1 aromatic heterocycles. The zero-order valence-corrected chi connectivity index (χ0v) is 12.3. The third-order valence-corrected chi connectivity index (χ3v) is 4.41. The highest BCUT2D eigenvalue weighted by Crippen LogP contribution is 2.18. The molecular weight excluding hydrogens is 236 g/mol. The highest BCUT2D eigenvalue weighted by molar-refractivity contribution is 7.98. The summed E-state index contributed by atoms with van der Waals surface area (Å²) in [7, 11) is 0. The van der Waals surface area contributed by atoms with Crippen LogP contribution in [0, 0.1) is 5.92 Å². The van der Waals surface area contributed by atoms with Crippen molar-refractivity contribution >= 4 is 23.1 Å². The van der Waals surface area contributed by atoms with E-state index < -0.39 is 0 Å². The number of nitrogens with one attached hydrogen (secondary N) is 1. The van der Waals surface area contributed by atoms with Gasteiger partial charge in [-0.15, -0.1) is 11.3 Å². The van der Waals surface area contributed by atoms with Gasteiger partial charge in [-0.25, -0.2) is 4.98 Å². The van der Waals surface area contributed by atoms with Crippen molar-refractivity contribution in [1.29, 1.82) is 0 Å². The molecule has 1 rings (SSSR count). The van der Waals surface area contributed by atoms with Crippen LogP contribution in [0.25, 0.3) is 0 Å². The van der Waals surface area contributed by atoms with Crippen LogP contribution in [0.4, 0.5) is 0 Å². The molecule has 0 amide bonds. The molecule has 92 valence electrons. The Morgan fingerprint density at radius 1 is 1.44 bits per heavy atom. The van der Waals surface area contributed by atoms with Crippen molar-refractivity contribution in [2.75, 3.05) is 18.6 Å². The Bertz CT molecular complexity index is 297. The van der Waals surface area contributed by atoms with Gasteiger partial charge in [-0.2, -0.15) is 11.8 Å². The van der Waals surface area contributed by atoms with Crippen LogP contribution < -0.4 is 5.32 Å². The van der Waals surface area contributed by atoms with Crippen molar-refractivity contribution in [1.82, 2.24) is 10.3 Å². The van der Waals surface area contributed by atoms with E-state index in [1.807, 2.05) is 11.8 Å². The standard InChI is InChI=1S/C12H22N2S2/c1-9(2)12-14-11(8-16-12)6-13-5-10(3)7-15-4/h8-10,13H,5-7H2,1-4H3. The lowest BCUT2D eigenvalue weighted by atomic mass is 10.2. The van der Waals surface area contributed by atoms with Gasteiger partial charge >= 0.3 is 0 Å². The van der Waals surface area contributed by atoms with E-state index in [1.54, 1.807) is 11.3 Å². The van der Waals surface area contributed by atoms with Gasteiger partial charge in [0.25, 0.3) is 0 Å². The summed E-state index contributed by atoms with van der Waals surface area (Å²) in [4.78, 5) is 4.60. The van der Waals surface area contributed by atoms with Gasteiger partial charge in [-0.1, -0.05) is 20.8 Å². The molecule has 0 saturated carbocycles. The average Bonchev–Trinajstić information content (AvgIpc) is 2.67. The van der Waals surface area contributed by atoms with Gasteiger partial charge in [0, 0.05) is 17.8 Å². The van der Waals surface area contributed by atoms with Gasteiger partial charge in [0.05, 0.1) is 10.7 Å². The molecule has 0 radical (unpaired) electrons. The Balaban J connectivity index is 2.26. The second-order valence-electron chi connectivity index (χ2n) is 4.52. The fraction of sp³-hybridized carbons (Fsp3) is 0.750. The second kappa shape index (κ2) is 7.30. The summed E-state index contributed by atoms with van der Waals surface area (Å²) >= 11 is 3.68. The average molecular weight is 258 g/mol. The molecule has 1 unspecified atom stereocenters. The van der Waals surface area contributed by atoms with Crippen LogP contribution in [0.3, 0.4) is 0 Å². The van der Waals surface area contributed by atoms with Crippen LogP contribution in [0.1, 0.15) is 37.4 Å². The van der Waals surface area contributed by atoms with E-state index in [-0.39, 0.29) is 0 Å². The first-order valence-electron chi connectivity index (χ1n) is 5.77. The van der Waals surface area contributed by atoms with Crippen LogP contribution in [0.15, 0.2) is 5.38 Å². The van der Waals surface area contributed by atoms with E-state index in [0.29, 0.717) is 5.92 Å². The zero-order chi connectivity index (χ0) is 12.0. The number of rotatable bonds is 7. The van der Waals surface area contributed by atoms with E-state index in [4.69, 9.17) is 0 Å². The monoisotopic (exact) mass is 258 g/mol. The SMILES string of the molecule is CSCC(C)CNCc1csc(C(C)C)n1. The summed E-state index contributed by atoms with van der Waals surface area (Å²) in [5.74, 6) is 2.51. The van der Waals surface area contributed by atoms with Crippen LogP contribution in [0.2, 0.25) is 0 Å². The second-order valence-corrected chi connectivity index (χ2v) is 6.32. The number of nitrogens with zero attached hydrogens (tertiary/aromatic N) is 1. The van der Waals surface area contributed by atoms with Gasteiger partial charge in [0.2, 0.25) is 0 Å². The lowest BCUT2D eigenvalue weighted by Gasteiger charge is -2.09. The fourth-order valence-electron chi connectivity index (χ4n) is 1.46. The van der Waals surface area contributed by atoms with Crippen molar-refractivity contribution in [2.45, 2.75) is 33.2 Å². The molecule has 0 aromatic carbocycles. The van der Waals surface area contributed by atoms with Crippen molar-refractivity contribution < 1.29 is 0 Å². The number of hydrogen-bond donors (Lipinski definition) is 1. The molecule has 0 aliphatic heterocycles. The first-order chi connectivity index (χ1) is 7.63. The van der Waals surface area contributed by atoms with Crippen LogP contribution >= 0.6 is 23.1 Å². The Morgan fingerprint density at radius 2 is 2.19 bits per heavy atom. The number of hydrogen-bond acceptors (Lipinski definition) is 4. The molecule has 1 N–H and O–H groups in total. The Hall–Kier alpha value is -0.0600. The van der Waals surface area contributed by atoms with Crippen LogP contribution in [0.5, 0.6) is 0 Å². The van der Waals surface area contributed by atoms with Gasteiger partial charge in [0.15, 0.2) is 0 Å². The molecule has 2 nitrogen and oxygen atoms in total. The first kappa shape index (κ1) is 14.0. The van der Waals surface area contributed by atoms with Crippen molar-refractivity contribution in [3.05, 3.63) is 16.1 Å². The Labute approximate surface area is 107 Å². The molecule has 4 heteroatoms. The molecule has 1 heterocycles. The Morgan fingerprint density at radius 3 is 2.75 bits per heavy atom. The maximum Gasteiger partial charge on any atom is 0.0954 e. The van der Waals surface area contributed by atoms with E-state index in [9.17, 15) is 0 Å². The van der Waals surface area contributed by atoms with Gasteiger partial charge < -0.3 is 5.32 Å². The normalized spacial score (nSPS) is 13.3. The highest BCUT2D eigenvalue weighted by Gasteiger charge is 2.06. The molecule has 0 fully saturated rings. The summed E-state index contributed by atoms with van der Waals surface area (Å²) < 4.78 is 0. The first-order valence-corrected chi connectivity index (χ1v) is 8.04. The van der Waals surface area contributed by atoms with Gasteiger partial charge in [-0.3, -0.25) is 0 Å². The molecule has 0 bridgehead atoms. The smallest absolute Gasteiger partial charge is 0.0954 e. The van der Waals surface area contributed by atoms with Crippen LogP contribution in [-0.2, 0) is 6.54 Å². The van der Waals surface area contributed by atoms with Gasteiger partial charge in [0.1, 0.15) is 0 Å². The molecule has 16 heavy (non-hydrogen) atoms. The third-order valence-electron chi connectivity index (χ3n) is 2.31. The number of aromatic nitrogens is 1. The maximum atomic E-state index is 4.60. The third kappa shape index (κ3) is 4.85. The fourth-order valence-corrected chi connectivity index (χ4v) is 2.98. The lowest BCUT2D eigenvalue weighted by Crippen LogP contribution is -2.22. The van der Waals surface area contributed by atoms with E-state index in [1.165, 1.54) is 16.5 Å². The summed E-state index contributed by atoms with van der Waals surface area (Å²) in [5.41, 5.74) is 1.19. The minimum atomic E-state index is 0.550. The largest absolute Gasteiger partial charge is 0.311 e. The van der Waals surface area contributed by atoms with Crippen LogP contribution in [-0.4, -0.2) is 23.5 Å². The number of thiazole rings is 1. The van der Waals surface area contributed by atoms with Crippen molar-refractivity contribution in [3.63, 3.8) is 0 Å². The lowest BCUT2D eigenvalue weighted by molar-refractivity contribution is 0.555. The quantitative estimate of drug-likeness (QED) is 0.812. The molecule has 0 saturated heterocycles. The van der Waals surface area contributed by atoms with E-state index in [0.717, 1.165) is 19.0 Å². The molecule has 1 atom stereocenters. The minimum absolute atomic E-state index is 0.550. The summed E-state index contributed by atoms with van der Waals surface area (Å²) in [6, 6.07) is 0. The predicted octanol–water partition coefficient (Wildman–Crippen LogP) is 3.36. The Kier molecular flexibility index (Phi) is 6.39. The summed E-state index contributed by atoms with van der Waals surface area (Å²) in [6.45, 7) is 8.65. The minimum Gasteiger partial charge on any atom is -0.311 e. The van der Waals surface area contributed by atoms with Gasteiger partial charge in [-0.05, 0) is 24.5 Å². The number of thioether (sulfide) groups is 1. The van der Waals surface area contributed by atoms with Crippen molar-refractivity contribution in [3.8, 4) is 0 Å².